The smallest absolute Gasteiger partial charge is 0.137 e. The van der Waals surface area contributed by atoms with E-state index in [1.165, 1.54) is 58.2 Å². The highest BCUT2D eigenvalue weighted by atomic mass is 32.1. The third kappa shape index (κ3) is 4.10. The third-order valence-corrected chi connectivity index (χ3v) is 10.6. The maximum Gasteiger partial charge on any atom is 0.137 e. The molecule has 0 aliphatic rings. The van der Waals surface area contributed by atoms with Crippen LogP contribution in [-0.2, 0) is 0 Å². The highest BCUT2D eigenvalue weighted by Crippen LogP contribution is 2.48. The van der Waals surface area contributed by atoms with Gasteiger partial charge < -0.3 is 9.32 Å². The number of rotatable bonds is 4. The van der Waals surface area contributed by atoms with Gasteiger partial charge in [0, 0.05) is 36.9 Å². The Bertz CT molecular complexity index is 2790. The first kappa shape index (κ1) is 26.3. The minimum absolute atomic E-state index is 0.890. The zero-order valence-electron chi connectivity index (χ0n) is 25.4. The van der Waals surface area contributed by atoms with Gasteiger partial charge in [-0.2, -0.15) is 0 Å². The van der Waals surface area contributed by atoms with Crippen LogP contribution in [0, 0.1) is 0 Å². The van der Waals surface area contributed by atoms with Crippen LogP contribution < -0.4 is 4.90 Å². The monoisotopic (exact) mass is 617 g/mol. The summed E-state index contributed by atoms with van der Waals surface area (Å²) < 4.78 is 9.15. The van der Waals surface area contributed by atoms with Gasteiger partial charge in [0.15, 0.2) is 0 Å². The molecular formula is C44H27NOS. The molecule has 0 atom stereocenters. The molecule has 0 spiro atoms. The lowest BCUT2D eigenvalue weighted by atomic mass is 9.98. The molecule has 0 N–H and O–H groups in total. The summed E-state index contributed by atoms with van der Waals surface area (Å²) in [6.07, 6.45) is 0. The first-order valence-corrected chi connectivity index (χ1v) is 16.7. The molecule has 0 saturated carbocycles. The van der Waals surface area contributed by atoms with E-state index < -0.39 is 0 Å². The van der Waals surface area contributed by atoms with E-state index in [0.29, 0.717) is 0 Å². The van der Waals surface area contributed by atoms with Gasteiger partial charge in [-0.25, -0.2) is 0 Å². The number of para-hydroxylation sites is 1. The van der Waals surface area contributed by atoms with Gasteiger partial charge in [0.1, 0.15) is 11.2 Å². The fourth-order valence-corrected chi connectivity index (χ4v) is 8.54. The number of fused-ring (bicyclic) bond motifs is 9. The second-order valence-electron chi connectivity index (χ2n) is 12.1. The molecule has 47 heavy (non-hydrogen) atoms. The molecule has 10 rings (SSSR count). The zero-order chi connectivity index (χ0) is 30.9. The normalized spacial score (nSPS) is 11.8. The number of hydrogen-bond donors (Lipinski definition) is 0. The molecule has 0 bridgehead atoms. The lowest BCUT2D eigenvalue weighted by molar-refractivity contribution is 0.669. The molecule has 0 unspecified atom stereocenters. The summed E-state index contributed by atoms with van der Waals surface area (Å²) in [6.45, 7) is 0. The van der Waals surface area contributed by atoms with E-state index in [2.05, 4.69) is 169 Å². The maximum atomic E-state index is 6.59. The number of hydrogen-bond acceptors (Lipinski definition) is 3. The summed E-state index contributed by atoms with van der Waals surface area (Å²) in [6, 6.07) is 58.9. The third-order valence-electron chi connectivity index (χ3n) is 9.43. The van der Waals surface area contributed by atoms with Gasteiger partial charge in [0.25, 0.3) is 0 Å². The van der Waals surface area contributed by atoms with E-state index >= 15 is 0 Å². The zero-order valence-corrected chi connectivity index (χ0v) is 26.2. The lowest BCUT2D eigenvalue weighted by Gasteiger charge is -2.26. The van der Waals surface area contributed by atoms with Gasteiger partial charge in [-0.15, -0.1) is 11.3 Å². The highest BCUT2D eigenvalue weighted by molar-refractivity contribution is 7.26. The number of nitrogens with zero attached hydrogens (tertiary/aromatic N) is 1. The van der Waals surface area contributed by atoms with Gasteiger partial charge in [-0.1, -0.05) is 103 Å². The highest BCUT2D eigenvalue weighted by Gasteiger charge is 2.22. The Morgan fingerprint density at radius 1 is 0.447 bits per heavy atom. The van der Waals surface area contributed by atoms with Crippen molar-refractivity contribution >= 4 is 92.1 Å². The van der Waals surface area contributed by atoms with Crippen LogP contribution in [0.25, 0.3) is 74.8 Å². The van der Waals surface area contributed by atoms with Crippen molar-refractivity contribution in [2.75, 3.05) is 4.90 Å². The SMILES string of the molecule is c1ccc(N(c2ccc(-c3cccc4ccccc34)cc2)c2cccc3oc4ccc5c6cc7ccccc7cc6sc5c4c23)cc1. The fraction of sp³-hybridized carbons (Fsp3) is 0. The van der Waals surface area contributed by atoms with Gasteiger partial charge >= 0.3 is 0 Å². The quantitative estimate of drug-likeness (QED) is 0.195. The average Bonchev–Trinajstić information content (AvgIpc) is 3.69. The Kier molecular flexibility index (Phi) is 5.78. The van der Waals surface area contributed by atoms with Gasteiger partial charge in [0.05, 0.1) is 11.1 Å². The van der Waals surface area contributed by atoms with E-state index in [0.717, 1.165) is 33.6 Å². The van der Waals surface area contributed by atoms with Crippen LogP contribution in [0.4, 0.5) is 17.1 Å². The Hall–Kier alpha value is -5.90. The molecule has 0 radical (unpaired) electrons. The second-order valence-corrected chi connectivity index (χ2v) is 13.2. The van der Waals surface area contributed by atoms with Crippen LogP contribution in [0.3, 0.4) is 0 Å². The van der Waals surface area contributed by atoms with Crippen LogP contribution in [0.2, 0.25) is 0 Å². The van der Waals surface area contributed by atoms with Crippen molar-refractivity contribution in [3.63, 3.8) is 0 Å². The lowest BCUT2D eigenvalue weighted by Crippen LogP contribution is -2.10. The molecule has 2 nitrogen and oxygen atoms in total. The van der Waals surface area contributed by atoms with Crippen molar-refractivity contribution in [1.29, 1.82) is 0 Å². The molecule has 8 aromatic carbocycles. The Balaban J connectivity index is 1.21. The molecule has 0 aliphatic heterocycles. The van der Waals surface area contributed by atoms with Crippen molar-refractivity contribution in [3.8, 4) is 11.1 Å². The average molecular weight is 618 g/mol. The Morgan fingerprint density at radius 2 is 1.13 bits per heavy atom. The minimum atomic E-state index is 0.890. The summed E-state index contributed by atoms with van der Waals surface area (Å²) in [5, 5.41) is 9.91. The van der Waals surface area contributed by atoms with Crippen molar-refractivity contribution in [2.24, 2.45) is 0 Å². The van der Waals surface area contributed by atoms with Crippen LogP contribution in [0.5, 0.6) is 0 Å². The molecule has 0 fully saturated rings. The fourth-order valence-electron chi connectivity index (χ4n) is 7.26. The summed E-state index contributed by atoms with van der Waals surface area (Å²) in [5.74, 6) is 0. The van der Waals surface area contributed by atoms with Crippen LogP contribution >= 0.6 is 11.3 Å². The molecule has 0 aliphatic carbocycles. The predicted molar refractivity (Wildman–Crippen MR) is 202 cm³/mol. The molecule has 220 valence electrons. The van der Waals surface area contributed by atoms with E-state index in [9.17, 15) is 0 Å². The Morgan fingerprint density at radius 3 is 1.98 bits per heavy atom. The number of thiophene rings is 1. The topological polar surface area (TPSA) is 16.4 Å². The Labute approximate surface area is 275 Å². The molecule has 0 saturated heterocycles. The first-order valence-electron chi connectivity index (χ1n) is 15.9. The molecule has 2 heterocycles. The predicted octanol–water partition coefficient (Wildman–Crippen LogP) is 13.4. The first-order chi connectivity index (χ1) is 23.3. The van der Waals surface area contributed by atoms with Crippen molar-refractivity contribution in [3.05, 3.63) is 164 Å². The van der Waals surface area contributed by atoms with Crippen molar-refractivity contribution < 1.29 is 4.42 Å². The van der Waals surface area contributed by atoms with Crippen LogP contribution in [0.1, 0.15) is 0 Å². The van der Waals surface area contributed by atoms with E-state index in [1.54, 1.807) is 0 Å². The van der Waals surface area contributed by atoms with Gasteiger partial charge in [-0.3, -0.25) is 0 Å². The maximum absolute atomic E-state index is 6.59. The van der Waals surface area contributed by atoms with E-state index in [1.807, 2.05) is 11.3 Å². The van der Waals surface area contributed by atoms with Crippen LogP contribution in [-0.4, -0.2) is 0 Å². The van der Waals surface area contributed by atoms with E-state index in [-0.39, 0.29) is 0 Å². The summed E-state index contributed by atoms with van der Waals surface area (Å²) in [7, 11) is 0. The van der Waals surface area contributed by atoms with Gasteiger partial charge in [-0.05, 0) is 93.3 Å². The number of anilines is 3. The largest absolute Gasteiger partial charge is 0.456 e. The molecule has 0 amide bonds. The molecule has 3 heteroatoms. The van der Waals surface area contributed by atoms with Crippen molar-refractivity contribution in [2.45, 2.75) is 0 Å². The number of furan rings is 1. The minimum Gasteiger partial charge on any atom is -0.456 e. The van der Waals surface area contributed by atoms with Crippen molar-refractivity contribution in [1.82, 2.24) is 0 Å². The van der Waals surface area contributed by atoms with Crippen LogP contribution in [0.15, 0.2) is 168 Å². The van der Waals surface area contributed by atoms with Gasteiger partial charge in [0.2, 0.25) is 0 Å². The molecule has 2 aromatic heterocycles. The summed E-state index contributed by atoms with van der Waals surface area (Å²) >= 11 is 1.86. The molecule has 10 aromatic rings. The summed E-state index contributed by atoms with van der Waals surface area (Å²) in [4.78, 5) is 2.37. The second kappa shape index (κ2) is 10.3. The summed E-state index contributed by atoms with van der Waals surface area (Å²) in [5.41, 5.74) is 7.53. The molecular weight excluding hydrogens is 591 g/mol. The number of benzene rings is 8. The van der Waals surface area contributed by atoms with E-state index in [4.69, 9.17) is 4.42 Å². The standard InChI is InChI=1S/C44H27NOS/c1-2-14-32(15-3-1)45(33-22-20-29(21-23-33)35-17-8-13-28-10-6-7-16-34(28)35)38-18-9-19-39-42(38)43-40(46-39)25-24-36-37-26-30-11-4-5-12-31(30)27-41(37)47-44(36)43/h1-27H.